The number of nitrogens with zero attached hydrogens (tertiary/aromatic N) is 1. The van der Waals surface area contributed by atoms with E-state index < -0.39 is 54.3 Å². The molecule has 1 aromatic carbocycles. The average molecular weight is 426 g/mol. The van der Waals surface area contributed by atoms with Gasteiger partial charge in [0.1, 0.15) is 0 Å². The minimum absolute atomic E-state index is 0.117. The third kappa shape index (κ3) is 4.20. The number of pyridine rings is 1. The van der Waals surface area contributed by atoms with Gasteiger partial charge in [-0.25, -0.2) is 8.78 Å². The Hall–Kier alpha value is -2.84. The highest BCUT2D eigenvalue weighted by Gasteiger charge is 2.51. The Morgan fingerprint density at radius 2 is 1.83 bits per heavy atom. The van der Waals surface area contributed by atoms with E-state index in [9.17, 15) is 31.5 Å². The summed E-state index contributed by atoms with van der Waals surface area (Å²) in [6, 6.07) is 3.46. The van der Waals surface area contributed by atoms with Gasteiger partial charge in [0, 0.05) is 18.3 Å². The Balaban J connectivity index is 1.97. The lowest BCUT2D eigenvalue weighted by molar-refractivity contribution is -0.173. The number of carbonyl (C=O) groups is 2. The molecule has 1 aromatic heterocycles. The number of nitrogens with one attached hydrogen (secondary N) is 1. The Bertz CT molecular complexity index is 990. The molecule has 0 aliphatic heterocycles. The molecule has 2 aromatic rings. The molecule has 0 radical (unpaired) electrons. The molecule has 1 heterocycles. The molecule has 3 atom stereocenters. The van der Waals surface area contributed by atoms with Crippen LogP contribution in [-0.2, 0) is 4.79 Å². The lowest BCUT2D eigenvalue weighted by atomic mass is 9.85. The fourth-order valence-corrected chi connectivity index (χ4v) is 4.02. The van der Waals surface area contributed by atoms with Crippen molar-refractivity contribution in [2.24, 2.45) is 11.8 Å². The Labute approximate surface area is 169 Å². The highest BCUT2D eigenvalue weighted by Crippen LogP contribution is 2.50. The molecule has 0 spiro atoms. The number of ketones is 1. The molecule has 1 N–H and O–H groups in total. The van der Waals surface area contributed by atoms with Gasteiger partial charge in [-0.2, -0.15) is 13.2 Å². The summed E-state index contributed by atoms with van der Waals surface area (Å²) in [7, 11) is 0. The van der Waals surface area contributed by atoms with Crippen LogP contribution in [0.25, 0.3) is 0 Å². The van der Waals surface area contributed by atoms with Gasteiger partial charge in [-0.1, -0.05) is 6.07 Å². The van der Waals surface area contributed by atoms with Crippen LogP contribution in [0.2, 0.25) is 0 Å². The third-order valence-corrected chi connectivity index (χ3v) is 5.60. The lowest BCUT2D eigenvalue weighted by Gasteiger charge is -2.22. The number of hydrogen-bond donors (Lipinski definition) is 1. The second kappa shape index (κ2) is 8.12. The van der Waals surface area contributed by atoms with E-state index in [1.54, 1.807) is 0 Å². The molecule has 0 saturated heterocycles. The van der Waals surface area contributed by atoms with Gasteiger partial charge in [0.25, 0.3) is 0 Å². The number of alkyl halides is 3. The molecule has 1 saturated carbocycles. The number of Topliss-reactive ketones (excluding diaryl/α,β-unsaturated/α-hetero) is 1. The molecule has 1 aliphatic rings. The number of hydrogen-bond acceptors (Lipinski definition) is 3. The quantitative estimate of drug-likeness (QED) is 0.541. The second-order valence-corrected chi connectivity index (χ2v) is 7.47. The van der Waals surface area contributed by atoms with E-state index in [0.717, 1.165) is 6.07 Å². The van der Waals surface area contributed by atoms with Gasteiger partial charge < -0.3 is 5.32 Å². The summed E-state index contributed by atoms with van der Waals surface area (Å²) in [6.45, 7) is 2.55. The number of amides is 1. The van der Waals surface area contributed by atoms with Crippen molar-refractivity contribution in [3.63, 3.8) is 0 Å². The maximum atomic E-state index is 14.1. The van der Waals surface area contributed by atoms with Crippen LogP contribution in [0.5, 0.6) is 0 Å². The van der Waals surface area contributed by atoms with Gasteiger partial charge in [0.05, 0.1) is 17.2 Å². The van der Waals surface area contributed by atoms with Crippen LogP contribution < -0.4 is 5.32 Å². The summed E-state index contributed by atoms with van der Waals surface area (Å²) in [6.07, 6.45) is -2.84. The molecule has 1 fully saturated rings. The van der Waals surface area contributed by atoms with Crippen molar-refractivity contribution in [3.05, 3.63) is 58.9 Å². The molecule has 0 bridgehead atoms. The Morgan fingerprint density at radius 1 is 1.13 bits per heavy atom. The number of carbonyl (C=O) groups excluding carboxylic acids is 2. The van der Waals surface area contributed by atoms with E-state index in [1.807, 2.05) is 0 Å². The summed E-state index contributed by atoms with van der Waals surface area (Å²) in [5, 5.41) is 2.52. The SMILES string of the molecule is CC(=O)c1cnccc1NC(=O)[C@@H]1C[C@H](C(F)(F)F)C[C@H]1c1ccc(F)c(F)c1C. The van der Waals surface area contributed by atoms with Crippen molar-refractivity contribution in [1.29, 1.82) is 0 Å². The largest absolute Gasteiger partial charge is 0.391 e. The van der Waals surface area contributed by atoms with Crippen molar-refractivity contribution in [1.82, 2.24) is 4.98 Å². The van der Waals surface area contributed by atoms with Gasteiger partial charge in [0.2, 0.25) is 5.91 Å². The molecule has 160 valence electrons. The number of rotatable bonds is 4. The minimum Gasteiger partial charge on any atom is -0.325 e. The van der Waals surface area contributed by atoms with E-state index >= 15 is 0 Å². The van der Waals surface area contributed by atoms with E-state index in [2.05, 4.69) is 10.3 Å². The highest BCUT2D eigenvalue weighted by molar-refractivity contribution is 6.04. The van der Waals surface area contributed by atoms with Crippen LogP contribution >= 0.6 is 0 Å². The molecule has 0 unspecified atom stereocenters. The Kier molecular flexibility index (Phi) is 5.92. The summed E-state index contributed by atoms with van der Waals surface area (Å²) >= 11 is 0. The zero-order chi connectivity index (χ0) is 22.2. The zero-order valence-corrected chi connectivity index (χ0v) is 16.2. The normalized spacial score (nSPS) is 21.5. The fourth-order valence-electron chi connectivity index (χ4n) is 4.02. The average Bonchev–Trinajstić information content (AvgIpc) is 3.12. The Morgan fingerprint density at radius 3 is 2.47 bits per heavy atom. The summed E-state index contributed by atoms with van der Waals surface area (Å²) in [4.78, 5) is 28.5. The fraction of sp³-hybridized carbons (Fsp3) is 0.381. The van der Waals surface area contributed by atoms with Crippen LogP contribution in [-0.4, -0.2) is 22.9 Å². The minimum atomic E-state index is -4.53. The molecule has 1 amide bonds. The van der Waals surface area contributed by atoms with Gasteiger partial charge in [-0.15, -0.1) is 0 Å². The lowest BCUT2D eigenvalue weighted by Crippen LogP contribution is -2.27. The number of halogens is 5. The number of aromatic nitrogens is 1. The van der Waals surface area contributed by atoms with Gasteiger partial charge in [0.15, 0.2) is 17.4 Å². The first kappa shape index (κ1) is 21.9. The summed E-state index contributed by atoms with van der Waals surface area (Å²) in [5.41, 5.74) is 0.312. The zero-order valence-electron chi connectivity index (χ0n) is 16.2. The number of benzene rings is 1. The van der Waals surface area contributed by atoms with E-state index in [-0.39, 0.29) is 28.2 Å². The first-order valence-corrected chi connectivity index (χ1v) is 9.27. The van der Waals surface area contributed by atoms with Crippen LogP contribution in [0.15, 0.2) is 30.6 Å². The van der Waals surface area contributed by atoms with Crippen molar-refractivity contribution < 1.29 is 31.5 Å². The van der Waals surface area contributed by atoms with E-state index in [4.69, 9.17) is 0 Å². The van der Waals surface area contributed by atoms with Crippen LogP contribution in [0, 0.1) is 30.4 Å². The van der Waals surface area contributed by atoms with Crippen molar-refractivity contribution >= 4 is 17.4 Å². The molecule has 3 rings (SSSR count). The summed E-state index contributed by atoms with van der Waals surface area (Å²) in [5.74, 6) is -7.17. The highest BCUT2D eigenvalue weighted by atomic mass is 19.4. The molecular formula is C21H19F5N2O2. The molecular weight excluding hydrogens is 407 g/mol. The maximum absolute atomic E-state index is 14.1. The predicted molar refractivity (Wildman–Crippen MR) is 99.0 cm³/mol. The topological polar surface area (TPSA) is 59.1 Å². The van der Waals surface area contributed by atoms with Crippen LogP contribution in [0.1, 0.15) is 47.2 Å². The molecule has 1 aliphatic carbocycles. The van der Waals surface area contributed by atoms with Gasteiger partial charge in [-0.05, 0) is 55.9 Å². The maximum Gasteiger partial charge on any atom is 0.391 e. The van der Waals surface area contributed by atoms with Gasteiger partial charge in [-0.3, -0.25) is 14.6 Å². The smallest absolute Gasteiger partial charge is 0.325 e. The third-order valence-electron chi connectivity index (χ3n) is 5.60. The van der Waals surface area contributed by atoms with E-state index in [0.29, 0.717) is 0 Å². The monoisotopic (exact) mass is 426 g/mol. The second-order valence-electron chi connectivity index (χ2n) is 7.47. The predicted octanol–water partition coefficient (Wildman–Crippen LogP) is 5.18. The molecule has 9 heteroatoms. The van der Waals surface area contributed by atoms with Crippen molar-refractivity contribution in [3.8, 4) is 0 Å². The number of anilines is 1. The van der Waals surface area contributed by atoms with Crippen LogP contribution in [0.4, 0.5) is 27.6 Å². The molecule has 4 nitrogen and oxygen atoms in total. The van der Waals surface area contributed by atoms with Crippen molar-refractivity contribution in [2.75, 3.05) is 5.32 Å². The standard InChI is InChI=1S/C21H19F5N2O2/c1-10-13(3-4-17(22)19(10)23)14-7-12(21(24,25)26)8-15(14)20(30)28-18-5-6-27-9-16(18)11(2)29/h3-6,9,12,14-15H,7-8H2,1-2H3,(H,27,28,30)/t12-,14+,15-/m1/s1. The van der Waals surface area contributed by atoms with Crippen molar-refractivity contribution in [2.45, 2.75) is 38.8 Å². The van der Waals surface area contributed by atoms with Gasteiger partial charge >= 0.3 is 6.18 Å². The first-order chi connectivity index (χ1) is 14.0. The van der Waals surface area contributed by atoms with E-state index in [1.165, 1.54) is 38.4 Å². The van der Waals surface area contributed by atoms with Crippen LogP contribution in [0.3, 0.4) is 0 Å². The molecule has 30 heavy (non-hydrogen) atoms. The first-order valence-electron chi connectivity index (χ1n) is 9.27. The summed E-state index contributed by atoms with van der Waals surface area (Å²) < 4.78 is 67.8.